The van der Waals surface area contributed by atoms with Crippen molar-refractivity contribution in [2.24, 2.45) is 0 Å². The van der Waals surface area contributed by atoms with Gasteiger partial charge in [0.1, 0.15) is 0 Å². The third-order valence-corrected chi connectivity index (χ3v) is 3.48. The van der Waals surface area contributed by atoms with Crippen LogP contribution in [0.4, 0.5) is 0 Å². The highest BCUT2D eigenvalue weighted by Gasteiger charge is 2.30. The molecule has 0 saturated heterocycles. The van der Waals surface area contributed by atoms with Gasteiger partial charge in [0.25, 0.3) is 5.56 Å². The van der Waals surface area contributed by atoms with Gasteiger partial charge in [-0.2, -0.15) is 0 Å². The van der Waals surface area contributed by atoms with E-state index in [0.29, 0.717) is 22.3 Å². The molecule has 0 atom stereocenters. The van der Waals surface area contributed by atoms with Crippen LogP contribution in [0.15, 0.2) is 41.3 Å². The van der Waals surface area contributed by atoms with E-state index in [9.17, 15) is 9.59 Å². The van der Waals surface area contributed by atoms with Gasteiger partial charge in [0, 0.05) is 6.20 Å². The number of nitrogens with zero attached hydrogens (tertiary/aromatic N) is 3. The van der Waals surface area contributed by atoms with Crippen molar-refractivity contribution in [1.29, 1.82) is 0 Å². The monoisotopic (exact) mass is 293 g/mol. The van der Waals surface area contributed by atoms with E-state index in [4.69, 9.17) is 0 Å². The smallest absolute Gasteiger partial charge is 0.267 e. The van der Waals surface area contributed by atoms with Crippen molar-refractivity contribution >= 4 is 16.8 Å². The Hall–Kier alpha value is -2.82. The third-order valence-electron chi connectivity index (χ3n) is 3.48. The molecule has 3 heterocycles. The van der Waals surface area contributed by atoms with E-state index < -0.39 is 0 Å². The largest absolute Gasteiger partial charge is 0.285 e. The number of hydrogen-bond acceptors (Lipinski definition) is 4. The van der Waals surface area contributed by atoms with Crippen LogP contribution in [0.1, 0.15) is 35.6 Å². The van der Waals surface area contributed by atoms with Crippen molar-refractivity contribution in [2.75, 3.05) is 0 Å². The molecule has 110 valence electrons. The normalized spacial score (nSPS) is 11.7. The maximum atomic E-state index is 12.5. The molecule has 0 amide bonds. The van der Waals surface area contributed by atoms with Crippen molar-refractivity contribution < 1.29 is 4.79 Å². The maximum absolute atomic E-state index is 12.5. The summed E-state index contributed by atoms with van der Waals surface area (Å²) in [6, 6.07) is 8.79. The first-order chi connectivity index (χ1) is 10.7. The number of rotatable bonds is 0. The maximum Gasteiger partial charge on any atom is 0.267 e. The van der Waals surface area contributed by atoms with Gasteiger partial charge in [0.15, 0.2) is 11.5 Å². The first kappa shape index (κ1) is 14.1. The fourth-order valence-corrected chi connectivity index (χ4v) is 2.54. The van der Waals surface area contributed by atoms with E-state index in [1.54, 1.807) is 30.5 Å². The second kappa shape index (κ2) is 5.18. The van der Waals surface area contributed by atoms with Crippen molar-refractivity contribution in [2.45, 2.75) is 20.8 Å². The fourth-order valence-electron chi connectivity index (χ4n) is 2.54. The highest BCUT2D eigenvalue weighted by Crippen LogP contribution is 2.26. The lowest BCUT2D eigenvalue weighted by Crippen LogP contribution is -2.21. The number of fused-ring (bicyclic) bond motifs is 4. The Morgan fingerprint density at radius 1 is 1.09 bits per heavy atom. The number of ketones is 1. The second-order valence-electron chi connectivity index (χ2n) is 4.80. The van der Waals surface area contributed by atoms with Gasteiger partial charge in [-0.15, -0.1) is 0 Å². The van der Waals surface area contributed by atoms with Crippen molar-refractivity contribution in [3.8, 4) is 5.69 Å². The molecule has 0 unspecified atom stereocenters. The predicted molar refractivity (Wildman–Crippen MR) is 84.7 cm³/mol. The van der Waals surface area contributed by atoms with Gasteiger partial charge in [0.05, 0.1) is 16.6 Å². The van der Waals surface area contributed by atoms with Crippen molar-refractivity contribution in [3.63, 3.8) is 0 Å². The first-order valence-corrected chi connectivity index (χ1v) is 7.20. The van der Waals surface area contributed by atoms with Gasteiger partial charge in [-0.3, -0.25) is 14.2 Å². The molecule has 4 rings (SSSR count). The van der Waals surface area contributed by atoms with E-state index in [1.807, 2.05) is 26.8 Å². The number of benzene rings is 1. The molecule has 5 nitrogen and oxygen atoms in total. The lowest BCUT2D eigenvalue weighted by Gasteiger charge is -2.04. The van der Waals surface area contributed by atoms with Crippen LogP contribution in [0.2, 0.25) is 0 Å². The summed E-state index contributed by atoms with van der Waals surface area (Å²) < 4.78 is 1.38. The minimum absolute atomic E-state index is 0.141. The van der Waals surface area contributed by atoms with Gasteiger partial charge in [-0.1, -0.05) is 25.5 Å². The van der Waals surface area contributed by atoms with Gasteiger partial charge >= 0.3 is 0 Å². The molecule has 0 fully saturated rings. The molecule has 22 heavy (non-hydrogen) atoms. The lowest BCUT2D eigenvalue weighted by atomic mass is 10.1. The van der Waals surface area contributed by atoms with E-state index in [1.165, 1.54) is 4.57 Å². The number of carbonyl (C=O) groups is 1. The van der Waals surface area contributed by atoms with Gasteiger partial charge in [0.2, 0.25) is 5.78 Å². The Morgan fingerprint density at radius 2 is 1.86 bits per heavy atom. The standard InChI is InChI=1S/C15H9N3O2.C2H6/c1-8-4-5-11-10(7-8)12(19)14-17-13-9(3-2-6-16-13)15(20)18(11)14;1-2/h2-7H,1H3;1-2H3. The third kappa shape index (κ3) is 1.86. The highest BCUT2D eigenvalue weighted by molar-refractivity contribution is 6.13. The van der Waals surface area contributed by atoms with Gasteiger partial charge < -0.3 is 0 Å². The molecule has 0 bridgehead atoms. The molecule has 1 aliphatic heterocycles. The molecular formula is C17H15N3O2. The lowest BCUT2D eigenvalue weighted by molar-refractivity contribution is 0.103. The van der Waals surface area contributed by atoms with Crippen LogP contribution in [0.5, 0.6) is 0 Å². The van der Waals surface area contributed by atoms with E-state index in [2.05, 4.69) is 9.97 Å². The molecule has 0 saturated carbocycles. The summed E-state index contributed by atoms with van der Waals surface area (Å²) in [5.41, 5.74) is 2.14. The summed E-state index contributed by atoms with van der Waals surface area (Å²) in [6.07, 6.45) is 1.56. The Bertz CT molecular complexity index is 958. The molecule has 5 heteroatoms. The van der Waals surface area contributed by atoms with Crippen molar-refractivity contribution in [1.82, 2.24) is 14.5 Å². The first-order valence-electron chi connectivity index (χ1n) is 7.20. The summed E-state index contributed by atoms with van der Waals surface area (Å²) in [7, 11) is 0. The highest BCUT2D eigenvalue weighted by atomic mass is 16.1. The topological polar surface area (TPSA) is 64.8 Å². The summed E-state index contributed by atoms with van der Waals surface area (Å²) >= 11 is 0. The number of aryl methyl sites for hydroxylation is 1. The molecule has 1 aromatic carbocycles. The van der Waals surface area contributed by atoms with Crippen LogP contribution in [0.25, 0.3) is 16.7 Å². The second-order valence-corrected chi connectivity index (χ2v) is 4.80. The van der Waals surface area contributed by atoms with Crippen LogP contribution in [0, 0.1) is 6.92 Å². The summed E-state index contributed by atoms with van der Waals surface area (Å²) in [5.74, 6) is -0.0878. The zero-order chi connectivity index (χ0) is 15.9. The minimum atomic E-state index is -0.256. The Labute approximate surface area is 127 Å². The van der Waals surface area contributed by atoms with Gasteiger partial charge in [-0.05, 0) is 31.2 Å². The minimum Gasteiger partial charge on any atom is -0.285 e. The summed E-state index contributed by atoms with van der Waals surface area (Å²) in [6.45, 7) is 5.91. The van der Waals surface area contributed by atoms with Gasteiger partial charge in [-0.25, -0.2) is 9.97 Å². The molecule has 2 aromatic heterocycles. The fraction of sp³-hybridized carbons (Fsp3) is 0.176. The van der Waals surface area contributed by atoms with Crippen LogP contribution >= 0.6 is 0 Å². The molecular weight excluding hydrogens is 278 g/mol. The molecule has 3 aromatic rings. The number of pyridine rings is 1. The summed E-state index contributed by atoms with van der Waals surface area (Å²) in [5, 5.41) is 0.414. The molecule has 0 spiro atoms. The SMILES string of the molecule is CC.Cc1ccc2c(c1)C(=O)c1nc3ncccc3c(=O)n1-2. The van der Waals surface area contributed by atoms with E-state index in [-0.39, 0.29) is 17.2 Å². The molecule has 0 radical (unpaired) electrons. The predicted octanol–water partition coefficient (Wildman–Crippen LogP) is 2.66. The molecule has 0 aliphatic carbocycles. The van der Waals surface area contributed by atoms with Crippen LogP contribution < -0.4 is 5.56 Å². The number of hydrogen-bond donors (Lipinski definition) is 0. The quantitative estimate of drug-likeness (QED) is 0.500. The Morgan fingerprint density at radius 3 is 2.64 bits per heavy atom. The Balaban J connectivity index is 0.000000693. The van der Waals surface area contributed by atoms with Crippen LogP contribution in [-0.2, 0) is 0 Å². The molecule has 0 N–H and O–H groups in total. The Kier molecular flexibility index (Phi) is 3.33. The van der Waals surface area contributed by atoms with Crippen LogP contribution in [-0.4, -0.2) is 20.3 Å². The average molecular weight is 293 g/mol. The van der Waals surface area contributed by atoms with Crippen molar-refractivity contribution in [3.05, 3.63) is 63.8 Å². The zero-order valence-corrected chi connectivity index (χ0v) is 12.6. The number of aromatic nitrogens is 3. The average Bonchev–Trinajstić information content (AvgIpc) is 2.83. The van der Waals surface area contributed by atoms with Crippen LogP contribution in [0.3, 0.4) is 0 Å². The number of carbonyl (C=O) groups excluding carboxylic acids is 1. The van der Waals surface area contributed by atoms with E-state index >= 15 is 0 Å². The summed E-state index contributed by atoms with van der Waals surface area (Å²) in [4.78, 5) is 33.2. The van der Waals surface area contributed by atoms with E-state index in [0.717, 1.165) is 5.56 Å². The zero-order valence-electron chi connectivity index (χ0n) is 12.6. The molecule has 1 aliphatic rings.